The summed E-state index contributed by atoms with van der Waals surface area (Å²) in [6, 6.07) is 9.17. The van der Waals surface area contributed by atoms with Gasteiger partial charge in [0.1, 0.15) is 11.2 Å². The molecule has 126 valence electrons. The van der Waals surface area contributed by atoms with E-state index in [1.54, 1.807) is 12.3 Å². The molecule has 0 spiro atoms. The quantitative estimate of drug-likeness (QED) is 0.437. The number of nitrogens with two attached hydrogens (primary N) is 1. The number of carbonyl (C=O) groups excluding carboxylic acids is 1. The number of nitrogens with zero attached hydrogens (tertiary/aromatic N) is 2. The van der Waals surface area contributed by atoms with E-state index in [0.717, 1.165) is 10.9 Å². The number of anilines is 1. The maximum atomic E-state index is 12.5. The SMILES string of the molecule is NS(=O)(=O)c1ccc(NC(=O)c2[nH]nc3c2ccc2[nH]ncc23)cc1. The van der Waals surface area contributed by atoms with Crippen LogP contribution in [0.5, 0.6) is 0 Å². The summed E-state index contributed by atoms with van der Waals surface area (Å²) in [5.74, 6) is -0.395. The smallest absolute Gasteiger partial charge is 0.274 e. The highest BCUT2D eigenvalue weighted by Crippen LogP contribution is 2.25. The lowest BCUT2D eigenvalue weighted by Crippen LogP contribution is -2.14. The molecule has 0 fully saturated rings. The normalized spacial score (nSPS) is 11.9. The number of rotatable bonds is 3. The van der Waals surface area contributed by atoms with Gasteiger partial charge in [0, 0.05) is 16.5 Å². The van der Waals surface area contributed by atoms with Crippen LogP contribution in [0.1, 0.15) is 10.5 Å². The van der Waals surface area contributed by atoms with Gasteiger partial charge in [0.05, 0.1) is 16.6 Å². The third kappa shape index (κ3) is 2.62. The number of aromatic amines is 2. The highest BCUT2D eigenvalue weighted by Gasteiger charge is 2.16. The van der Waals surface area contributed by atoms with Crippen molar-refractivity contribution in [2.24, 2.45) is 5.14 Å². The Bertz CT molecular complexity index is 1210. The summed E-state index contributed by atoms with van der Waals surface area (Å²) in [7, 11) is -3.77. The van der Waals surface area contributed by atoms with Crippen LogP contribution in [0, 0.1) is 0 Å². The van der Waals surface area contributed by atoms with E-state index in [1.165, 1.54) is 24.3 Å². The molecule has 4 aromatic rings. The summed E-state index contributed by atoms with van der Waals surface area (Å²) in [5.41, 5.74) is 2.20. The fourth-order valence-corrected chi connectivity index (χ4v) is 3.11. The predicted octanol–water partition coefficient (Wildman–Crippen LogP) is 1.34. The monoisotopic (exact) mass is 356 g/mol. The number of fused-ring (bicyclic) bond motifs is 3. The van der Waals surface area contributed by atoms with Gasteiger partial charge in [0.15, 0.2) is 0 Å². The largest absolute Gasteiger partial charge is 0.321 e. The van der Waals surface area contributed by atoms with Crippen molar-refractivity contribution in [3.63, 3.8) is 0 Å². The predicted molar refractivity (Wildman–Crippen MR) is 91.5 cm³/mol. The number of aromatic nitrogens is 4. The number of H-pyrrole nitrogens is 2. The van der Waals surface area contributed by atoms with E-state index in [-0.39, 0.29) is 4.90 Å². The molecule has 10 heteroatoms. The Hall–Kier alpha value is -3.24. The van der Waals surface area contributed by atoms with E-state index >= 15 is 0 Å². The summed E-state index contributed by atoms with van der Waals surface area (Å²) < 4.78 is 22.5. The average molecular weight is 356 g/mol. The summed E-state index contributed by atoms with van der Waals surface area (Å²) in [5, 5.41) is 22.9. The lowest BCUT2D eigenvalue weighted by atomic mass is 10.1. The topological polar surface area (TPSA) is 147 Å². The van der Waals surface area contributed by atoms with Crippen molar-refractivity contribution in [1.29, 1.82) is 0 Å². The number of sulfonamides is 1. The Morgan fingerprint density at radius 1 is 1.04 bits per heavy atom. The molecule has 0 aliphatic rings. The van der Waals surface area contributed by atoms with Gasteiger partial charge in [-0.05, 0) is 36.4 Å². The molecule has 4 rings (SSSR count). The number of amides is 1. The van der Waals surface area contributed by atoms with Gasteiger partial charge < -0.3 is 5.32 Å². The summed E-state index contributed by atoms with van der Waals surface area (Å²) >= 11 is 0. The van der Waals surface area contributed by atoms with E-state index in [4.69, 9.17) is 5.14 Å². The van der Waals surface area contributed by atoms with E-state index in [9.17, 15) is 13.2 Å². The second kappa shape index (κ2) is 5.40. The van der Waals surface area contributed by atoms with Gasteiger partial charge >= 0.3 is 0 Å². The maximum absolute atomic E-state index is 12.5. The average Bonchev–Trinajstić information content (AvgIpc) is 3.20. The zero-order valence-electron chi connectivity index (χ0n) is 12.6. The molecule has 1 amide bonds. The Morgan fingerprint density at radius 2 is 1.80 bits per heavy atom. The van der Waals surface area contributed by atoms with Crippen LogP contribution < -0.4 is 10.5 Å². The molecule has 0 saturated heterocycles. The first-order valence-electron chi connectivity index (χ1n) is 7.18. The van der Waals surface area contributed by atoms with Crippen LogP contribution >= 0.6 is 0 Å². The minimum atomic E-state index is -3.77. The minimum Gasteiger partial charge on any atom is -0.321 e. The first-order chi connectivity index (χ1) is 11.9. The van der Waals surface area contributed by atoms with Crippen molar-refractivity contribution in [3.8, 4) is 0 Å². The van der Waals surface area contributed by atoms with Gasteiger partial charge in [-0.15, -0.1) is 0 Å². The fourth-order valence-electron chi connectivity index (χ4n) is 2.59. The lowest BCUT2D eigenvalue weighted by Gasteiger charge is -2.05. The molecule has 9 nitrogen and oxygen atoms in total. The van der Waals surface area contributed by atoms with Crippen LogP contribution in [0.25, 0.3) is 21.8 Å². The Balaban J connectivity index is 1.66. The Kier molecular flexibility index (Phi) is 3.30. The molecule has 2 aromatic carbocycles. The molecule has 0 radical (unpaired) electrons. The van der Waals surface area contributed by atoms with Crippen LogP contribution in [-0.2, 0) is 10.0 Å². The van der Waals surface area contributed by atoms with E-state index in [0.29, 0.717) is 22.3 Å². The first kappa shape index (κ1) is 15.3. The molecule has 0 bridgehead atoms. The molecule has 2 heterocycles. The van der Waals surface area contributed by atoms with Gasteiger partial charge in [-0.2, -0.15) is 10.2 Å². The molecular formula is C15H12N6O3S. The number of hydrogen-bond acceptors (Lipinski definition) is 5. The third-order valence-corrected chi connectivity index (χ3v) is 4.74. The second-order valence-corrected chi connectivity index (χ2v) is 6.98. The standard InChI is InChI=1S/C15H12N6O3S/c16-25(23,24)9-3-1-8(2-4-9)18-15(22)14-10-5-6-12-11(7-17-19-12)13(10)20-21-14/h1-7H,(H,17,19)(H,18,22)(H,20,21)(H2,16,23,24). The molecule has 2 aromatic heterocycles. The zero-order valence-corrected chi connectivity index (χ0v) is 13.5. The summed E-state index contributed by atoms with van der Waals surface area (Å²) in [6.45, 7) is 0. The summed E-state index contributed by atoms with van der Waals surface area (Å²) in [6.07, 6.45) is 1.65. The lowest BCUT2D eigenvalue weighted by molar-refractivity contribution is 0.102. The minimum absolute atomic E-state index is 0.0279. The Morgan fingerprint density at radius 3 is 2.52 bits per heavy atom. The van der Waals surface area contributed by atoms with Crippen LogP contribution in [0.15, 0.2) is 47.5 Å². The number of primary sulfonamides is 1. The number of benzene rings is 2. The van der Waals surface area contributed by atoms with Crippen LogP contribution in [0.3, 0.4) is 0 Å². The molecule has 0 aliphatic heterocycles. The van der Waals surface area contributed by atoms with E-state index in [2.05, 4.69) is 25.7 Å². The molecule has 0 atom stereocenters. The molecule has 25 heavy (non-hydrogen) atoms. The molecule has 0 saturated carbocycles. The zero-order chi connectivity index (χ0) is 17.6. The van der Waals surface area contributed by atoms with Crippen molar-refractivity contribution in [2.45, 2.75) is 4.90 Å². The number of nitrogens with one attached hydrogen (secondary N) is 3. The van der Waals surface area contributed by atoms with Gasteiger partial charge in [-0.25, -0.2) is 13.6 Å². The first-order valence-corrected chi connectivity index (χ1v) is 8.72. The number of carbonyl (C=O) groups is 1. The third-order valence-electron chi connectivity index (χ3n) is 3.81. The summed E-state index contributed by atoms with van der Waals surface area (Å²) in [4.78, 5) is 12.5. The van der Waals surface area contributed by atoms with Gasteiger partial charge in [0.25, 0.3) is 5.91 Å². The fraction of sp³-hybridized carbons (Fsp3) is 0. The van der Waals surface area contributed by atoms with E-state index in [1.807, 2.05) is 6.07 Å². The van der Waals surface area contributed by atoms with Crippen molar-refractivity contribution < 1.29 is 13.2 Å². The Labute approximate surface area is 141 Å². The van der Waals surface area contributed by atoms with Crippen molar-refractivity contribution in [2.75, 3.05) is 5.32 Å². The maximum Gasteiger partial charge on any atom is 0.274 e. The van der Waals surface area contributed by atoms with Crippen molar-refractivity contribution in [3.05, 3.63) is 48.3 Å². The van der Waals surface area contributed by atoms with Crippen LogP contribution in [0.2, 0.25) is 0 Å². The van der Waals surface area contributed by atoms with Gasteiger partial charge in [-0.1, -0.05) is 0 Å². The van der Waals surface area contributed by atoms with E-state index < -0.39 is 15.9 Å². The van der Waals surface area contributed by atoms with Crippen LogP contribution in [-0.4, -0.2) is 34.7 Å². The molecule has 0 aliphatic carbocycles. The molecule has 0 unspecified atom stereocenters. The molecule has 5 N–H and O–H groups in total. The van der Waals surface area contributed by atoms with Gasteiger partial charge in [0.2, 0.25) is 10.0 Å². The highest BCUT2D eigenvalue weighted by atomic mass is 32.2. The van der Waals surface area contributed by atoms with Crippen molar-refractivity contribution >= 4 is 43.4 Å². The van der Waals surface area contributed by atoms with Crippen LogP contribution in [0.4, 0.5) is 5.69 Å². The van der Waals surface area contributed by atoms with Crippen molar-refractivity contribution in [1.82, 2.24) is 20.4 Å². The van der Waals surface area contributed by atoms with Gasteiger partial charge in [-0.3, -0.25) is 15.0 Å². The second-order valence-electron chi connectivity index (χ2n) is 5.42. The number of hydrogen-bond donors (Lipinski definition) is 4. The molecular weight excluding hydrogens is 344 g/mol. The highest BCUT2D eigenvalue weighted by molar-refractivity contribution is 7.89.